The van der Waals surface area contributed by atoms with Crippen molar-refractivity contribution in [2.45, 2.75) is 32.5 Å². The predicted octanol–water partition coefficient (Wildman–Crippen LogP) is 3.43. The molecular formula is C19H25FN2O. The van der Waals surface area contributed by atoms with Gasteiger partial charge in [0.25, 0.3) is 0 Å². The number of nitrogens with zero attached hydrogens (tertiary/aromatic N) is 2. The van der Waals surface area contributed by atoms with Gasteiger partial charge in [0.05, 0.1) is 12.6 Å². The van der Waals surface area contributed by atoms with E-state index in [9.17, 15) is 9.50 Å². The molecule has 1 N–H and O–H groups in total. The van der Waals surface area contributed by atoms with Crippen LogP contribution in [-0.4, -0.2) is 33.8 Å². The van der Waals surface area contributed by atoms with Gasteiger partial charge < -0.3 is 9.67 Å². The molecule has 0 saturated carbocycles. The van der Waals surface area contributed by atoms with Crippen molar-refractivity contribution in [3.8, 4) is 0 Å². The average molecular weight is 316 g/mol. The molecule has 2 rings (SSSR count). The summed E-state index contributed by atoms with van der Waals surface area (Å²) < 4.78 is 15.9. The van der Waals surface area contributed by atoms with Crippen molar-refractivity contribution in [3.63, 3.8) is 0 Å². The summed E-state index contributed by atoms with van der Waals surface area (Å²) >= 11 is 0. The van der Waals surface area contributed by atoms with Gasteiger partial charge in [-0.25, -0.2) is 4.39 Å². The van der Waals surface area contributed by atoms with Crippen molar-refractivity contribution in [1.82, 2.24) is 9.47 Å². The van der Waals surface area contributed by atoms with Crippen LogP contribution < -0.4 is 0 Å². The third kappa shape index (κ3) is 5.05. The standard InChI is InChI=1S/C19H25FN2O/c1-3-11-21(15-18(23)4-2)14-17-9-7-12-22(17)13-16-8-5-6-10-19(16)20/h3,5-10,12,18,23H,1,4,11,13-15H2,2H3/t18-/m0/s1. The van der Waals surface area contributed by atoms with Gasteiger partial charge in [-0.1, -0.05) is 31.2 Å². The molecule has 0 aliphatic carbocycles. The normalized spacial score (nSPS) is 12.5. The number of halogens is 1. The Morgan fingerprint density at radius 3 is 2.78 bits per heavy atom. The maximum Gasteiger partial charge on any atom is 0.128 e. The molecule has 4 heteroatoms. The molecule has 1 aromatic carbocycles. The Morgan fingerprint density at radius 2 is 2.09 bits per heavy atom. The van der Waals surface area contributed by atoms with E-state index in [2.05, 4.69) is 11.5 Å². The maximum absolute atomic E-state index is 13.8. The SMILES string of the molecule is C=CCN(Cc1cccn1Cc1ccccc1F)C[C@@H](O)CC. The number of hydrogen-bond acceptors (Lipinski definition) is 2. The van der Waals surface area contributed by atoms with Crippen LogP contribution in [0.3, 0.4) is 0 Å². The highest BCUT2D eigenvalue weighted by atomic mass is 19.1. The second-order valence-electron chi connectivity index (χ2n) is 5.76. The molecular weight excluding hydrogens is 291 g/mol. The zero-order chi connectivity index (χ0) is 16.7. The minimum Gasteiger partial charge on any atom is -0.392 e. The van der Waals surface area contributed by atoms with Crippen LogP contribution in [0.5, 0.6) is 0 Å². The molecule has 2 aromatic rings. The van der Waals surface area contributed by atoms with E-state index in [4.69, 9.17) is 0 Å². The molecule has 0 saturated heterocycles. The van der Waals surface area contributed by atoms with Gasteiger partial charge in [0.15, 0.2) is 0 Å². The number of benzene rings is 1. The first-order valence-corrected chi connectivity index (χ1v) is 8.02. The van der Waals surface area contributed by atoms with Crippen molar-refractivity contribution in [1.29, 1.82) is 0 Å². The van der Waals surface area contributed by atoms with Crippen LogP contribution in [0.25, 0.3) is 0 Å². The topological polar surface area (TPSA) is 28.4 Å². The van der Waals surface area contributed by atoms with Gasteiger partial charge in [0.1, 0.15) is 5.82 Å². The summed E-state index contributed by atoms with van der Waals surface area (Å²) in [6, 6.07) is 10.9. The predicted molar refractivity (Wildman–Crippen MR) is 91.7 cm³/mol. The highest BCUT2D eigenvalue weighted by molar-refractivity contribution is 5.19. The summed E-state index contributed by atoms with van der Waals surface area (Å²) in [5, 5.41) is 9.89. The molecule has 1 aromatic heterocycles. The third-order valence-electron chi connectivity index (χ3n) is 3.94. The number of hydrogen-bond donors (Lipinski definition) is 1. The first-order valence-electron chi connectivity index (χ1n) is 8.02. The lowest BCUT2D eigenvalue weighted by Crippen LogP contribution is -2.32. The van der Waals surface area contributed by atoms with Gasteiger partial charge in [0, 0.05) is 37.1 Å². The van der Waals surface area contributed by atoms with Crippen LogP contribution in [0.15, 0.2) is 55.3 Å². The summed E-state index contributed by atoms with van der Waals surface area (Å²) in [7, 11) is 0. The second-order valence-corrected chi connectivity index (χ2v) is 5.76. The average Bonchev–Trinajstić information content (AvgIpc) is 2.96. The molecule has 1 atom stereocenters. The van der Waals surface area contributed by atoms with Gasteiger partial charge in [0.2, 0.25) is 0 Å². The summed E-state index contributed by atoms with van der Waals surface area (Å²) in [4.78, 5) is 2.15. The quantitative estimate of drug-likeness (QED) is 0.718. The molecule has 3 nitrogen and oxygen atoms in total. The fraction of sp³-hybridized carbons (Fsp3) is 0.368. The van der Waals surface area contributed by atoms with Gasteiger partial charge >= 0.3 is 0 Å². The number of aromatic nitrogens is 1. The smallest absolute Gasteiger partial charge is 0.128 e. The lowest BCUT2D eigenvalue weighted by Gasteiger charge is -2.24. The van der Waals surface area contributed by atoms with E-state index in [0.717, 1.165) is 12.1 Å². The summed E-state index contributed by atoms with van der Waals surface area (Å²) in [6.07, 6.45) is 4.19. The van der Waals surface area contributed by atoms with Gasteiger partial charge in [-0.05, 0) is 24.6 Å². The first kappa shape index (κ1) is 17.4. The van der Waals surface area contributed by atoms with E-state index in [1.807, 2.05) is 48.0 Å². The summed E-state index contributed by atoms with van der Waals surface area (Å²) in [6.45, 7) is 8.28. The summed E-state index contributed by atoms with van der Waals surface area (Å²) in [5.41, 5.74) is 1.77. The van der Waals surface area contributed by atoms with Crippen LogP contribution in [0.1, 0.15) is 24.6 Å². The van der Waals surface area contributed by atoms with Crippen LogP contribution in [0, 0.1) is 5.82 Å². The first-order chi connectivity index (χ1) is 11.1. The van der Waals surface area contributed by atoms with Crippen LogP contribution in [0.4, 0.5) is 4.39 Å². The fourth-order valence-electron chi connectivity index (χ4n) is 2.60. The Hall–Kier alpha value is -1.91. The van der Waals surface area contributed by atoms with E-state index in [-0.39, 0.29) is 11.9 Å². The lowest BCUT2D eigenvalue weighted by molar-refractivity contribution is 0.111. The van der Waals surface area contributed by atoms with E-state index in [1.165, 1.54) is 6.07 Å². The third-order valence-corrected chi connectivity index (χ3v) is 3.94. The molecule has 0 spiro atoms. The highest BCUT2D eigenvalue weighted by Crippen LogP contribution is 2.13. The molecule has 0 aliphatic heterocycles. The number of rotatable bonds is 9. The fourth-order valence-corrected chi connectivity index (χ4v) is 2.60. The van der Waals surface area contributed by atoms with Crippen molar-refractivity contribution in [2.75, 3.05) is 13.1 Å². The molecule has 0 amide bonds. The Balaban J connectivity index is 2.10. The molecule has 124 valence electrons. The number of aliphatic hydroxyl groups is 1. The zero-order valence-electron chi connectivity index (χ0n) is 13.7. The second kappa shape index (κ2) is 8.65. The van der Waals surface area contributed by atoms with Crippen molar-refractivity contribution >= 4 is 0 Å². The Morgan fingerprint density at radius 1 is 1.30 bits per heavy atom. The van der Waals surface area contributed by atoms with Gasteiger partial charge in [-0.3, -0.25) is 4.90 Å². The maximum atomic E-state index is 13.8. The van der Waals surface area contributed by atoms with Gasteiger partial charge in [-0.15, -0.1) is 6.58 Å². The largest absolute Gasteiger partial charge is 0.392 e. The summed E-state index contributed by atoms with van der Waals surface area (Å²) in [5.74, 6) is -0.184. The van der Waals surface area contributed by atoms with Crippen molar-refractivity contribution in [3.05, 3.63) is 72.3 Å². The van der Waals surface area contributed by atoms with E-state index in [1.54, 1.807) is 6.07 Å². The Labute approximate surface area is 137 Å². The molecule has 0 bridgehead atoms. The molecule has 0 fully saturated rings. The highest BCUT2D eigenvalue weighted by Gasteiger charge is 2.12. The van der Waals surface area contributed by atoms with Crippen LogP contribution in [-0.2, 0) is 13.1 Å². The monoisotopic (exact) mass is 316 g/mol. The molecule has 1 heterocycles. The molecule has 23 heavy (non-hydrogen) atoms. The number of aliphatic hydroxyl groups excluding tert-OH is 1. The molecule has 0 unspecified atom stereocenters. The van der Waals surface area contributed by atoms with Crippen LogP contribution >= 0.6 is 0 Å². The minimum atomic E-state index is -0.343. The molecule has 0 radical (unpaired) electrons. The van der Waals surface area contributed by atoms with Gasteiger partial charge in [-0.2, -0.15) is 0 Å². The minimum absolute atomic E-state index is 0.184. The van der Waals surface area contributed by atoms with E-state index < -0.39 is 0 Å². The van der Waals surface area contributed by atoms with E-state index in [0.29, 0.717) is 31.7 Å². The lowest BCUT2D eigenvalue weighted by atomic mass is 10.2. The Bertz CT molecular complexity index is 623. The van der Waals surface area contributed by atoms with Crippen molar-refractivity contribution in [2.24, 2.45) is 0 Å². The molecule has 0 aliphatic rings. The Kier molecular flexibility index (Phi) is 6.56. The zero-order valence-corrected chi connectivity index (χ0v) is 13.7. The van der Waals surface area contributed by atoms with E-state index >= 15 is 0 Å². The van der Waals surface area contributed by atoms with Crippen molar-refractivity contribution < 1.29 is 9.50 Å². The van der Waals surface area contributed by atoms with Crippen LogP contribution in [0.2, 0.25) is 0 Å².